The molecule has 45 heavy (non-hydrogen) atoms. The molecule has 0 unspecified atom stereocenters. The average Bonchev–Trinajstić information content (AvgIpc) is 3.59. The van der Waals surface area contributed by atoms with Crippen molar-refractivity contribution in [3.63, 3.8) is 0 Å². The Morgan fingerprint density at radius 3 is 2.49 bits per heavy atom. The van der Waals surface area contributed by atoms with Crippen LogP contribution in [0.2, 0.25) is 0 Å². The molecule has 2 aliphatic rings. The second kappa shape index (κ2) is 11.1. The van der Waals surface area contributed by atoms with Crippen LogP contribution in [0.5, 0.6) is 0 Å². The van der Waals surface area contributed by atoms with E-state index >= 15 is 0 Å². The number of fused-ring (bicyclic) bond motifs is 1. The molecule has 12 heteroatoms. The van der Waals surface area contributed by atoms with Gasteiger partial charge in [0.2, 0.25) is 11.7 Å². The lowest BCUT2D eigenvalue weighted by atomic mass is 9.91. The second-order valence-corrected chi connectivity index (χ2v) is 12.5. The standard InChI is InChI=1S/C33H28FN9OS/c1-4-25-30(41(3)32-40-29(26(14-35)45-32)21-5-8-24(34)9-6-21)43-19-22(7-10-28(43)39-25)23-15-37-31(38-16-23)42-17-20(18-42)13-27(44)33(36-2)11-12-33/h5-10,15-16,19-20H,4,11-13,17-18H2,1,3H3. The van der Waals surface area contributed by atoms with Crippen molar-refractivity contribution in [1.29, 1.82) is 5.26 Å². The number of hydrogen-bond acceptors (Lipinski definition) is 9. The van der Waals surface area contributed by atoms with Crippen LogP contribution in [-0.4, -0.2) is 55.8 Å². The number of rotatable bonds is 9. The second-order valence-electron chi connectivity index (χ2n) is 11.5. The summed E-state index contributed by atoms with van der Waals surface area (Å²) in [4.78, 5) is 39.3. The quantitative estimate of drug-likeness (QED) is 0.183. The molecule has 1 aromatic carbocycles. The van der Waals surface area contributed by atoms with Crippen molar-refractivity contribution in [3.05, 3.63) is 82.8 Å². The molecule has 1 aliphatic heterocycles. The van der Waals surface area contributed by atoms with Gasteiger partial charge in [0.25, 0.3) is 5.54 Å². The van der Waals surface area contributed by atoms with Crippen molar-refractivity contribution < 1.29 is 9.18 Å². The van der Waals surface area contributed by atoms with Gasteiger partial charge in [0, 0.05) is 80.6 Å². The Bertz CT molecular complexity index is 2010. The number of nitriles is 1. The zero-order valence-corrected chi connectivity index (χ0v) is 25.6. The highest BCUT2D eigenvalue weighted by molar-refractivity contribution is 7.16. The summed E-state index contributed by atoms with van der Waals surface area (Å²) in [6.45, 7) is 10.8. The van der Waals surface area contributed by atoms with E-state index in [0.29, 0.717) is 66.0 Å². The van der Waals surface area contributed by atoms with Crippen LogP contribution in [0.1, 0.15) is 36.8 Å². The molecule has 5 aromatic rings. The van der Waals surface area contributed by atoms with Crippen LogP contribution < -0.4 is 9.80 Å². The van der Waals surface area contributed by atoms with Crippen LogP contribution in [0.3, 0.4) is 0 Å². The number of ketones is 1. The summed E-state index contributed by atoms with van der Waals surface area (Å²) >= 11 is 1.28. The third-order valence-electron chi connectivity index (χ3n) is 8.58. The SMILES string of the molecule is [C-]#[N+]C1(C(=O)CC2CN(c3ncc(-c4ccc5nc(CC)c(N(C)c6nc(-c7ccc(F)cc7)c(C#N)s6)n5c4)cn3)C2)CC1. The van der Waals surface area contributed by atoms with Gasteiger partial charge in [0.1, 0.15) is 33.9 Å². The van der Waals surface area contributed by atoms with Crippen LogP contribution in [0, 0.1) is 29.6 Å². The number of aromatic nitrogens is 5. The summed E-state index contributed by atoms with van der Waals surface area (Å²) in [7, 11) is 1.90. The van der Waals surface area contributed by atoms with Crippen molar-refractivity contribution in [2.45, 2.75) is 38.1 Å². The first-order valence-corrected chi connectivity index (χ1v) is 15.5. The average molecular weight is 618 g/mol. The Morgan fingerprint density at radius 1 is 1.13 bits per heavy atom. The maximum absolute atomic E-state index is 13.5. The molecule has 0 N–H and O–H groups in total. The number of pyridine rings is 1. The van der Waals surface area contributed by atoms with Gasteiger partial charge >= 0.3 is 0 Å². The number of halogens is 1. The van der Waals surface area contributed by atoms with E-state index in [1.165, 1.54) is 23.5 Å². The predicted molar refractivity (Wildman–Crippen MR) is 170 cm³/mol. The molecule has 1 aliphatic carbocycles. The molecule has 0 spiro atoms. The molecular weight excluding hydrogens is 589 g/mol. The van der Waals surface area contributed by atoms with Crippen molar-refractivity contribution in [2.75, 3.05) is 29.9 Å². The van der Waals surface area contributed by atoms with Gasteiger partial charge in [0.05, 0.1) is 5.69 Å². The monoisotopic (exact) mass is 617 g/mol. The van der Waals surface area contributed by atoms with Crippen LogP contribution in [0.15, 0.2) is 55.0 Å². The van der Waals surface area contributed by atoms with Crippen molar-refractivity contribution >= 4 is 39.7 Å². The van der Waals surface area contributed by atoms with Crippen molar-refractivity contribution in [2.24, 2.45) is 5.92 Å². The molecule has 0 amide bonds. The highest BCUT2D eigenvalue weighted by Crippen LogP contribution is 2.43. The molecule has 1 saturated heterocycles. The highest BCUT2D eigenvalue weighted by Gasteiger charge is 2.58. The number of carbonyl (C=O) groups excluding carboxylic acids is 1. The Labute approximate surface area is 263 Å². The lowest BCUT2D eigenvalue weighted by Gasteiger charge is -2.39. The molecule has 224 valence electrons. The number of imidazole rings is 1. The lowest BCUT2D eigenvalue weighted by molar-refractivity contribution is -0.121. The van der Waals surface area contributed by atoms with E-state index in [9.17, 15) is 14.4 Å². The van der Waals surface area contributed by atoms with Gasteiger partial charge in [-0.2, -0.15) is 5.26 Å². The number of thiazole rings is 1. The first-order chi connectivity index (χ1) is 21.8. The van der Waals surface area contributed by atoms with E-state index < -0.39 is 5.54 Å². The smallest absolute Gasteiger partial charge is 0.290 e. The zero-order chi connectivity index (χ0) is 31.3. The topological polar surface area (TPSA) is 108 Å². The third kappa shape index (κ3) is 5.07. The summed E-state index contributed by atoms with van der Waals surface area (Å²) in [5.74, 6) is 1.43. The van der Waals surface area contributed by atoms with Gasteiger partial charge in [-0.3, -0.25) is 9.20 Å². The summed E-state index contributed by atoms with van der Waals surface area (Å²) in [5.41, 5.74) is 3.89. The minimum absolute atomic E-state index is 0.0817. The van der Waals surface area contributed by atoms with E-state index in [-0.39, 0.29) is 17.5 Å². The zero-order valence-electron chi connectivity index (χ0n) is 24.7. The molecule has 7 rings (SSSR count). The fourth-order valence-electron chi connectivity index (χ4n) is 5.79. The van der Waals surface area contributed by atoms with E-state index in [0.717, 1.165) is 28.3 Å². The maximum atomic E-state index is 13.5. The number of hydrogen-bond donors (Lipinski definition) is 0. The summed E-state index contributed by atoms with van der Waals surface area (Å²) in [6, 6.07) is 12.2. The van der Waals surface area contributed by atoms with E-state index in [1.807, 2.05) is 41.6 Å². The molecule has 0 radical (unpaired) electrons. The summed E-state index contributed by atoms with van der Waals surface area (Å²) < 4.78 is 15.5. The van der Waals surface area contributed by atoms with Crippen LogP contribution in [0.25, 0.3) is 32.9 Å². The molecule has 0 bridgehead atoms. The number of nitrogens with zero attached hydrogens (tertiary/aromatic N) is 9. The van der Waals surface area contributed by atoms with Crippen LogP contribution in [0.4, 0.5) is 21.3 Å². The Kier molecular flexibility index (Phi) is 7.02. The van der Waals surface area contributed by atoms with E-state index in [4.69, 9.17) is 16.5 Å². The number of benzene rings is 1. The van der Waals surface area contributed by atoms with Crippen molar-refractivity contribution in [1.82, 2.24) is 24.3 Å². The molecule has 5 heterocycles. The minimum atomic E-state index is -0.728. The van der Waals surface area contributed by atoms with E-state index in [1.54, 1.807) is 24.5 Å². The first kappa shape index (κ1) is 28.6. The first-order valence-electron chi connectivity index (χ1n) is 14.7. The third-order valence-corrected chi connectivity index (χ3v) is 9.62. The highest BCUT2D eigenvalue weighted by atomic mass is 32.1. The Balaban J connectivity index is 1.12. The summed E-state index contributed by atoms with van der Waals surface area (Å²) in [5, 5.41) is 10.5. The molecule has 2 fully saturated rings. The molecule has 4 aromatic heterocycles. The van der Waals surface area contributed by atoms with Crippen molar-refractivity contribution in [3.8, 4) is 28.5 Å². The van der Waals surface area contributed by atoms with Gasteiger partial charge < -0.3 is 14.6 Å². The lowest BCUT2D eigenvalue weighted by Crippen LogP contribution is -2.49. The number of anilines is 3. The fraction of sp³-hybridized carbons (Fsp3) is 0.303. The van der Waals surface area contributed by atoms with Gasteiger partial charge in [-0.1, -0.05) is 18.3 Å². The van der Waals surface area contributed by atoms with Gasteiger partial charge in [-0.15, -0.1) is 0 Å². The number of Topliss-reactive ketones (excluding diaryl/α,β-unsaturated/α-hetero) is 1. The number of aryl methyl sites for hydroxylation is 1. The largest absolute Gasteiger partial charge is 0.340 e. The minimum Gasteiger partial charge on any atom is -0.340 e. The molecule has 0 atom stereocenters. The van der Waals surface area contributed by atoms with Gasteiger partial charge in [-0.05, 0) is 42.8 Å². The van der Waals surface area contributed by atoms with Crippen LogP contribution >= 0.6 is 11.3 Å². The summed E-state index contributed by atoms with van der Waals surface area (Å²) in [6.07, 6.45) is 8.14. The Hall–Kier alpha value is -5.20. The molecule has 10 nitrogen and oxygen atoms in total. The molecule has 1 saturated carbocycles. The Morgan fingerprint density at radius 2 is 1.84 bits per heavy atom. The fourth-order valence-corrected chi connectivity index (χ4v) is 6.63. The molecular formula is C33H28FN9OS. The van der Waals surface area contributed by atoms with E-state index in [2.05, 4.69) is 25.8 Å². The maximum Gasteiger partial charge on any atom is 0.290 e. The number of carbonyl (C=O) groups is 1. The predicted octanol–water partition coefficient (Wildman–Crippen LogP) is 6.10. The van der Waals surface area contributed by atoms with Crippen LogP contribution in [-0.2, 0) is 11.2 Å². The van der Waals surface area contributed by atoms with Gasteiger partial charge in [0.15, 0.2) is 5.13 Å². The van der Waals surface area contributed by atoms with Gasteiger partial charge in [-0.25, -0.2) is 30.9 Å². The normalized spacial score (nSPS) is 15.4.